The molecule has 2 aromatic heterocycles. The molecule has 0 bridgehead atoms. The Kier molecular flexibility index (Phi) is 6.29. The van der Waals surface area contributed by atoms with E-state index in [4.69, 9.17) is 25.5 Å². The maximum atomic E-state index is 13.6. The molecule has 8 heteroatoms. The van der Waals surface area contributed by atoms with Crippen molar-refractivity contribution in [2.75, 3.05) is 13.1 Å². The van der Waals surface area contributed by atoms with E-state index < -0.39 is 11.6 Å². The van der Waals surface area contributed by atoms with Crippen LogP contribution in [0.15, 0.2) is 40.8 Å². The van der Waals surface area contributed by atoms with Crippen LogP contribution >= 0.6 is 11.6 Å². The number of carbonyl (C=O) groups is 1. The van der Waals surface area contributed by atoms with Crippen LogP contribution in [0.1, 0.15) is 50.8 Å². The van der Waals surface area contributed by atoms with Gasteiger partial charge in [-0.1, -0.05) is 23.7 Å². The SMILES string of the molecule is CC(C)(C)OC(=O)N1CCC(c2cccc(OCc3ccc(Cl)c4cc(F)oc34)n2)CC1. The number of hydrogen-bond donors (Lipinski definition) is 0. The maximum Gasteiger partial charge on any atom is 0.410 e. The van der Waals surface area contributed by atoms with Crippen molar-refractivity contribution in [3.8, 4) is 5.88 Å². The molecule has 0 atom stereocenters. The number of fused-ring (bicyclic) bond motifs is 1. The highest BCUT2D eigenvalue weighted by Gasteiger charge is 2.28. The fourth-order valence-corrected chi connectivity index (χ4v) is 4.01. The summed E-state index contributed by atoms with van der Waals surface area (Å²) in [6, 6.07) is 9.69. The minimum absolute atomic E-state index is 0.175. The zero-order valence-electron chi connectivity index (χ0n) is 18.4. The van der Waals surface area contributed by atoms with Gasteiger partial charge in [-0.25, -0.2) is 9.78 Å². The van der Waals surface area contributed by atoms with Gasteiger partial charge >= 0.3 is 6.09 Å². The van der Waals surface area contributed by atoms with Crippen molar-refractivity contribution >= 4 is 28.7 Å². The molecule has 1 fully saturated rings. The molecule has 0 aliphatic carbocycles. The van der Waals surface area contributed by atoms with Crippen molar-refractivity contribution in [3.05, 3.63) is 58.7 Å². The zero-order chi connectivity index (χ0) is 22.9. The van der Waals surface area contributed by atoms with Crippen molar-refractivity contribution < 1.29 is 23.1 Å². The molecule has 0 N–H and O–H groups in total. The van der Waals surface area contributed by atoms with E-state index in [-0.39, 0.29) is 18.6 Å². The number of pyridine rings is 1. The number of aromatic nitrogens is 1. The fraction of sp³-hybridized carbons (Fsp3) is 0.417. The molecule has 0 unspecified atom stereocenters. The van der Waals surface area contributed by atoms with Crippen LogP contribution in [0.25, 0.3) is 11.0 Å². The summed E-state index contributed by atoms with van der Waals surface area (Å²) in [7, 11) is 0. The predicted octanol–water partition coefficient (Wildman–Crippen LogP) is 6.31. The van der Waals surface area contributed by atoms with E-state index in [2.05, 4.69) is 4.98 Å². The van der Waals surface area contributed by atoms with E-state index in [1.54, 1.807) is 23.1 Å². The summed E-state index contributed by atoms with van der Waals surface area (Å²) < 4.78 is 30.0. The molecule has 0 spiro atoms. The quantitative estimate of drug-likeness (QED) is 0.456. The van der Waals surface area contributed by atoms with E-state index in [1.807, 2.05) is 32.9 Å². The van der Waals surface area contributed by atoms with Crippen LogP contribution in [0.5, 0.6) is 5.88 Å². The molecule has 32 heavy (non-hydrogen) atoms. The minimum Gasteiger partial charge on any atom is -0.473 e. The van der Waals surface area contributed by atoms with Crippen molar-refractivity contribution in [3.63, 3.8) is 0 Å². The largest absolute Gasteiger partial charge is 0.473 e. The van der Waals surface area contributed by atoms with Gasteiger partial charge in [-0.05, 0) is 45.7 Å². The first-order valence-corrected chi connectivity index (χ1v) is 11.0. The molecule has 170 valence electrons. The summed E-state index contributed by atoms with van der Waals surface area (Å²) in [6.07, 6.45) is 1.34. The summed E-state index contributed by atoms with van der Waals surface area (Å²) in [5.74, 6) is 0.714. The van der Waals surface area contributed by atoms with Gasteiger partial charge in [-0.15, -0.1) is 0 Å². The van der Waals surface area contributed by atoms with Crippen molar-refractivity contribution in [2.45, 2.75) is 51.7 Å². The van der Waals surface area contributed by atoms with E-state index >= 15 is 0 Å². The number of furan rings is 1. The second kappa shape index (κ2) is 8.98. The van der Waals surface area contributed by atoms with E-state index in [1.165, 1.54) is 6.07 Å². The smallest absolute Gasteiger partial charge is 0.410 e. The molecule has 1 saturated heterocycles. The normalized spacial score (nSPS) is 15.2. The molecule has 0 saturated carbocycles. The van der Waals surface area contributed by atoms with Gasteiger partial charge in [0.05, 0.1) is 5.02 Å². The lowest BCUT2D eigenvalue weighted by molar-refractivity contribution is 0.0204. The topological polar surface area (TPSA) is 64.8 Å². The Bertz CT molecular complexity index is 1120. The number of carbonyl (C=O) groups excluding carboxylic acids is 1. The highest BCUT2D eigenvalue weighted by molar-refractivity contribution is 6.35. The monoisotopic (exact) mass is 460 g/mol. The van der Waals surface area contributed by atoms with E-state index in [0.717, 1.165) is 18.5 Å². The van der Waals surface area contributed by atoms with Gasteiger partial charge in [0.1, 0.15) is 17.8 Å². The van der Waals surface area contributed by atoms with Gasteiger partial charge in [0.2, 0.25) is 5.88 Å². The highest BCUT2D eigenvalue weighted by atomic mass is 35.5. The van der Waals surface area contributed by atoms with Crippen LogP contribution in [0, 0.1) is 6.01 Å². The van der Waals surface area contributed by atoms with Crippen molar-refractivity contribution in [1.29, 1.82) is 0 Å². The van der Waals surface area contributed by atoms with Crippen LogP contribution < -0.4 is 4.74 Å². The molecule has 4 rings (SSSR count). The Labute approximate surface area is 191 Å². The molecule has 6 nitrogen and oxygen atoms in total. The van der Waals surface area contributed by atoms with E-state index in [9.17, 15) is 9.18 Å². The van der Waals surface area contributed by atoms with E-state index in [0.29, 0.717) is 40.5 Å². The third-order valence-electron chi connectivity index (χ3n) is 5.37. The van der Waals surface area contributed by atoms with Gasteiger partial charge in [0.25, 0.3) is 6.01 Å². The molecule has 0 radical (unpaired) electrons. The van der Waals surface area contributed by atoms with Gasteiger partial charge in [-0.2, -0.15) is 4.39 Å². The van der Waals surface area contributed by atoms with Crippen LogP contribution in [0.2, 0.25) is 5.02 Å². The van der Waals surface area contributed by atoms with Gasteiger partial charge in [0.15, 0.2) is 0 Å². The summed E-state index contributed by atoms with van der Waals surface area (Å²) in [6.45, 7) is 7.02. The molecule has 3 heterocycles. The first kappa shape index (κ1) is 22.4. The lowest BCUT2D eigenvalue weighted by atomic mass is 9.93. The van der Waals surface area contributed by atoms with Crippen LogP contribution in [-0.2, 0) is 11.3 Å². The average molecular weight is 461 g/mol. The van der Waals surface area contributed by atoms with Gasteiger partial charge in [-0.3, -0.25) is 0 Å². The number of amides is 1. The second-order valence-corrected chi connectivity index (χ2v) is 9.34. The number of piperidine rings is 1. The number of ether oxygens (including phenoxy) is 2. The Morgan fingerprint density at radius 2 is 2.00 bits per heavy atom. The number of hydrogen-bond acceptors (Lipinski definition) is 5. The zero-order valence-corrected chi connectivity index (χ0v) is 19.1. The minimum atomic E-state index is -0.688. The molecule has 3 aromatic rings. The highest BCUT2D eigenvalue weighted by Crippen LogP contribution is 2.31. The molecule has 1 amide bonds. The second-order valence-electron chi connectivity index (χ2n) is 8.93. The number of benzene rings is 1. The third-order valence-corrected chi connectivity index (χ3v) is 5.70. The standard InChI is InChI=1S/C24H26ClFN2O4/c1-24(2,3)32-23(29)28-11-9-15(10-12-28)19-5-4-6-21(27-19)30-14-16-7-8-18(25)17-13-20(26)31-22(16)17/h4-8,13,15H,9-12,14H2,1-3H3. The Balaban J connectivity index is 1.39. The summed E-state index contributed by atoms with van der Waals surface area (Å²) in [5, 5.41) is 0.943. The van der Waals surface area contributed by atoms with Gasteiger partial charge in [0, 0.05) is 47.8 Å². The Morgan fingerprint density at radius 1 is 1.25 bits per heavy atom. The van der Waals surface area contributed by atoms with Gasteiger partial charge < -0.3 is 18.8 Å². The Morgan fingerprint density at radius 3 is 2.72 bits per heavy atom. The predicted molar refractivity (Wildman–Crippen MR) is 120 cm³/mol. The lowest BCUT2D eigenvalue weighted by Crippen LogP contribution is -2.41. The summed E-state index contributed by atoms with van der Waals surface area (Å²) in [5.41, 5.74) is 1.49. The molecule has 1 aliphatic rings. The van der Waals surface area contributed by atoms with Crippen LogP contribution in [0.3, 0.4) is 0 Å². The first-order valence-electron chi connectivity index (χ1n) is 10.6. The van der Waals surface area contributed by atoms with Crippen molar-refractivity contribution in [2.24, 2.45) is 0 Å². The average Bonchev–Trinajstić information content (AvgIpc) is 3.15. The summed E-state index contributed by atoms with van der Waals surface area (Å²) in [4.78, 5) is 18.7. The molecular formula is C24H26ClFN2O4. The molecule has 1 aromatic carbocycles. The number of rotatable bonds is 4. The maximum absolute atomic E-state index is 13.6. The number of halogens is 2. The fourth-order valence-electron chi connectivity index (χ4n) is 3.80. The van der Waals surface area contributed by atoms with Crippen molar-refractivity contribution in [1.82, 2.24) is 9.88 Å². The summed E-state index contributed by atoms with van der Waals surface area (Å²) >= 11 is 6.12. The first-order chi connectivity index (χ1) is 15.2. The molecular weight excluding hydrogens is 435 g/mol. The van der Waals surface area contributed by atoms with Crippen LogP contribution in [0.4, 0.5) is 9.18 Å². The van der Waals surface area contributed by atoms with Crippen LogP contribution in [-0.4, -0.2) is 34.7 Å². The molecule has 1 aliphatic heterocycles. The lowest BCUT2D eigenvalue weighted by Gasteiger charge is -2.33. The third kappa shape index (κ3) is 5.15. The Hall–Kier alpha value is -2.80. The number of likely N-dealkylation sites (tertiary alicyclic amines) is 1. The number of nitrogens with zero attached hydrogens (tertiary/aromatic N) is 2.